The molecule has 0 saturated heterocycles. The number of hydrogen-bond acceptors (Lipinski definition) is 2. The summed E-state index contributed by atoms with van der Waals surface area (Å²) in [6, 6.07) is 21.9. The van der Waals surface area contributed by atoms with Crippen LogP contribution in [0, 0.1) is 0 Å². The van der Waals surface area contributed by atoms with Crippen molar-refractivity contribution in [2.45, 2.75) is 25.4 Å². The van der Waals surface area contributed by atoms with Crippen LogP contribution in [-0.2, 0) is 15.8 Å². The van der Waals surface area contributed by atoms with Crippen molar-refractivity contribution < 1.29 is 22.8 Å². The second-order valence-corrected chi connectivity index (χ2v) is 7.07. The van der Waals surface area contributed by atoms with E-state index in [0.29, 0.717) is 0 Å². The number of benzene rings is 3. The van der Waals surface area contributed by atoms with Crippen molar-refractivity contribution in [3.8, 4) is 0 Å². The van der Waals surface area contributed by atoms with Crippen molar-refractivity contribution >= 4 is 23.2 Å². The third-order valence-electron chi connectivity index (χ3n) is 4.71. The highest BCUT2D eigenvalue weighted by Crippen LogP contribution is 2.37. The van der Waals surface area contributed by atoms with Crippen molar-refractivity contribution in [2.24, 2.45) is 0 Å². The Morgan fingerprint density at radius 1 is 0.839 bits per heavy atom. The average Bonchev–Trinajstić information content (AvgIpc) is 2.73. The van der Waals surface area contributed by atoms with Crippen LogP contribution in [0.4, 0.5) is 24.5 Å². The smallest absolute Gasteiger partial charge is 0.326 e. The van der Waals surface area contributed by atoms with Crippen LogP contribution < -0.4 is 10.6 Å². The summed E-state index contributed by atoms with van der Waals surface area (Å²) in [6.07, 6.45) is -4.73. The molecule has 0 spiro atoms. The number of carbonyl (C=O) groups is 2. The molecular weight excluding hydrogens is 405 g/mol. The monoisotopic (exact) mass is 426 g/mol. The molecule has 0 aliphatic carbocycles. The number of halogens is 3. The number of carbonyl (C=O) groups excluding carboxylic acids is 2. The normalized spacial score (nSPS) is 11.3. The van der Waals surface area contributed by atoms with Crippen LogP contribution in [0.2, 0.25) is 0 Å². The van der Waals surface area contributed by atoms with Gasteiger partial charge < -0.3 is 10.6 Å². The molecule has 31 heavy (non-hydrogen) atoms. The first kappa shape index (κ1) is 22.1. The van der Waals surface area contributed by atoms with E-state index in [1.807, 2.05) is 60.7 Å². The molecule has 2 amide bonds. The summed E-state index contributed by atoms with van der Waals surface area (Å²) in [5.74, 6) is -1.34. The summed E-state index contributed by atoms with van der Waals surface area (Å²) in [5.41, 5.74) is 0.403. The molecular formula is C24H21F3N2O2. The lowest BCUT2D eigenvalue weighted by Crippen LogP contribution is -2.19. The van der Waals surface area contributed by atoms with E-state index in [1.54, 1.807) is 0 Å². The lowest BCUT2D eigenvalue weighted by Gasteiger charge is -2.19. The number of alkyl halides is 3. The zero-order valence-corrected chi connectivity index (χ0v) is 16.7. The van der Waals surface area contributed by atoms with Crippen molar-refractivity contribution in [3.05, 3.63) is 95.6 Å². The van der Waals surface area contributed by atoms with Gasteiger partial charge in [0.15, 0.2) is 0 Å². The fraction of sp³-hybridized carbons (Fsp3) is 0.167. The van der Waals surface area contributed by atoms with Gasteiger partial charge in [-0.25, -0.2) is 0 Å². The van der Waals surface area contributed by atoms with Gasteiger partial charge in [-0.05, 0) is 29.3 Å². The van der Waals surface area contributed by atoms with Gasteiger partial charge in [-0.3, -0.25) is 9.59 Å². The van der Waals surface area contributed by atoms with Gasteiger partial charge in [0.2, 0.25) is 11.8 Å². The zero-order valence-electron chi connectivity index (χ0n) is 16.7. The van der Waals surface area contributed by atoms with E-state index in [-0.39, 0.29) is 23.7 Å². The van der Waals surface area contributed by atoms with E-state index < -0.39 is 23.6 Å². The minimum Gasteiger partial charge on any atom is -0.326 e. The van der Waals surface area contributed by atoms with E-state index in [4.69, 9.17) is 0 Å². The molecule has 0 bridgehead atoms. The van der Waals surface area contributed by atoms with Crippen LogP contribution in [0.3, 0.4) is 0 Å². The Kier molecular flexibility index (Phi) is 6.74. The summed E-state index contributed by atoms with van der Waals surface area (Å²) >= 11 is 0. The molecule has 0 aliphatic rings. The number of anilines is 2. The molecule has 4 nitrogen and oxygen atoms in total. The Bertz CT molecular complexity index is 1010. The Hall–Kier alpha value is -3.61. The molecule has 0 aromatic heterocycles. The molecule has 0 unspecified atom stereocenters. The Labute approximate surface area is 178 Å². The maximum absolute atomic E-state index is 13.5. The van der Waals surface area contributed by atoms with Gasteiger partial charge in [0.05, 0.1) is 11.3 Å². The van der Waals surface area contributed by atoms with Crippen molar-refractivity contribution in [1.29, 1.82) is 0 Å². The first-order valence-electron chi connectivity index (χ1n) is 9.62. The Morgan fingerprint density at radius 3 is 1.87 bits per heavy atom. The molecule has 160 valence electrons. The number of amides is 2. The van der Waals surface area contributed by atoms with Gasteiger partial charge in [0, 0.05) is 24.9 Å². The molecule has 2 N–H and O–H groups in total. The number of hydrogen-bond donors (Lipinski definition) is 2. The largest absolute Gasteiger partial charge is 0.418 e. The van der Waals surface area contributed by atoms with E-state index in [2.05, 4.69) is 10.6 Å². The van der Waals surface area contributed by atoms with E-state index in [9.17, 15) is 22.8 Å². The molecule has 0 saturated carbocycles. The first-order chi connectivity index (χ1) is 14.7. The topological polar surface area (TPSA) is 58.2 Å². The molecule has 0 aliphatic heterocycles. The molecule has 0 fully saturated rings. The van der Waals surface area contributed by atoms with E-state index in [0.717, 1.165) is 23.3 Å². The van der Waals surface area contributed by atoms with Crippen molar-refractivity contribution in [3.63, 3.8) is 0 Å². The highest BCUT2D eigenvalue weighted by molar-refractivity contribution is 5.94. The summed E-state index contributed by atoms with van der Waals surface area (Å²) in [7, 11) is 0. The summed E-state index contributed by atoms with van der Waals surface area (Å²) < 4.78 is 40.6. The quantitative estimate of drug-likeness (QED) is 0.521. The molecule has 0 heterocycles. The lowest BCUT2D eigenvalue weighted by molar-refractivity contribution is -0.137. The Morgan fingerprint density at radius 2 is 1.39 bits per heavy atom. The predicted octanol–water partition coefficient (Wildman–Crippen LogP) is 5.82. The maximum atomic E-state index is 13.5. The minimum absolute atomic E-state index is 0.00396. The minimum atomic E-state index is -4.70. The van der Waals surface area contributed by atoms with E-state index in [1.165, 1.54) is 13.0 Å². The number of nitrogens with one attached hydrogen (secondary N) is 2. The first-order valence-corrected chi connectivity index (χ1v) is 9.62. The molecule has 3 rings (SSSR count). The number of rotatable bonds is 6. The third kappa shape index (κ3) is 5.94. The second kappa shape index (κ2) is 9.47. The molecule has 3 aromatic rings. The Balaban J connectivity index is 1.86. The summed E-state index contributed by atoms with van der Waals surface area (Å²) in [5, 5.41) is 4.72. The third-order valence-corrected chi connectivity index (χ3v) is 4.71. The molecule has 0 atom stereocenters. The van der Waals surface area contributed by atoms with Crippen molar-refractivity contribution in [2.75, 3.05) is 10.6 Å². The van der Waals surface area contributed by atoms with Gasteiger partial charge in [0.1, 0.15) is 0 Å². The highest BCUT2D eigenvalue weighted by Gasteiger charge is 2.34. The van der Waals surface area contributed by atoms with Crippen LogP contribution in [0.5, 0.6) is 0 Å². The van der Waals surface area contributed by atoms with Gasteiger partial charge >= 0.3 is 6.18 Å². The van der Waals surface area contributed by atoms with Crippen LogP contribution in [-0.4, -0.2) is 11.8 Å². The summed E-state index contributed by atoms with van der Waals surface area (Å²) in [4.78, 5) is 23.9. The maximum Gasteiger partial charge on any atom is 0.418 e. The lowest BCUT2D eigenvalue weighted by atomic mass is 9.88. The second-order valence-electron chi connectivity index (χ2n) is 7.07. The van der Waals surface area contributed by atoms with Crippen LogP contribution >= 0.6 is 0 Å². The van der Waals surface area contributed by atoms with Gasteiger partial charge in [-0.2, -0.15) is 13.2 Å². The molecule has 0 radical (unpaired) electrons. The molecule has 3 aromatic carbocycles. The predicted molar refractivity (Wildman–Crippen MR) is 114 cm³/mol. The standard InChI is InChI=1S/C24H21F3N2O2/c1-16(30)28-19-12-13-22(21(14-19)24(25,26)27)29-23(31)15-20(17-8-4-2-5-9-17)18-10-6-3-7-11-18/h2-14,20H,15H2,1H3,(H,28,30)(H,29,31). The van der Waals surface area contributed by atoms with Crippen LogP contribution in [0.25, 0.3) is 0 Å². The van der Waals surface area contributed by atoms with Gasteiger partial charge in [0.25, 0.3) is 0 Å². The van der Waals surface area contributed by atoms with Crippen molar-refractivity contribution in [1.82, 2.24) is 0 Å². The average molecular weight is 426 g/mol. The van der Waals surface area contributed by atoms with E-state index >= 15 is 0 Å². The molecule has 7 heteroatoms. The fourth-order valence-corrected chi connectivity index (χ4v) is 3.35. The fourth-order valence-electron chi connectivity index (χ4n) is 3.35. The zero-order chi connectivity index (χ0) is 22.4. The highest BCUT2D eigenvalue weighted by atomic mass is 19.4. The van der Waals surface area contributed by atoms with Crippen LogP contribution in [0.15, 0.2) is 78.9 Å². The summed E-state index contributed by atoms with van der Waals surface area (Å²) in [6.45, 7) is 1.20. The van der Waals surface area contributed by atoms with Gasteiger partial charge in [-0.1, -0.05) is 60.7 Å². The van der Waals surface area contributed by atoms with Crippen LogP contribution in [0.1, 0.15) is 36.0 Å². The van der Waals surface area contributed by atoms with Gasteiger partial charge in [-0.15, -0.1) is 0 Å². The SMILES string of the molecule is CC(=O)Nc1ccc(NC(=O)CC(c2ccccc2)c2ccccc2)c(C(F)(F)F)c1.